The summed E-state index contributed by atoms with van der Waals surface area (Å²) in [7, 11) is 1.55. The monoisotopic (exact) mass is 199 g/mol. The second-order valence-electron chi connectivity index (χ2n) is 4.47. The third kappa shape index (κ3) is 1.14. The topological polar surface area (TPSA) is 26.1 Å². The zero-order valence-corrected chi connectivity index (χ0v) is 8.68. The van der Waals surface area contributed by atoms with E-state index in [9.17, 15) is 5.21 Å². The number of hydrogen-bond acceptors (Lipinski definition) is 1. The van der Waals surface area contributed by atoms with Crippen molar-refractivity contribution in [3.05, 3.63) is 46.7 Å². The van der Waals surface area contributed by atoms with Crippen molar-refractivity contribution >= 4 is 12.3 Å². The maximum absolute atomic E-state index is 11.0. The number of rotatable bonds is 1. The maximum Gasteiger partial charge on any atom is 0.155 e. The van der Waals surface area contributed by atoms with Crippen molar-refractivity contribution in [2.24, 2.45) is 5.92 Å². The molecule has 2 atom stereocenters. The van der Waals surface area contributed by atoms with Crippen LogP contribution in [0.2, 0.25) is 0 Å². The minimum atomic E-state index is 0.148. The van der Waals surface area contributed by atoms with Crippen LogP contribution in [0, 0.1) is 11.1 Å². The SMILES string of the molecule is C/[N+]([O-])=C/C1CC12C=Cc1ccccc12. The van der Waals surface area contributed by atoms with Crippen molar-refractivity contribution in [2.75, 3.05) is 7.05 Å². The van der Waals surface area contributed by atoms with Gasteiger partial charge in [-0.15, -0.1) is 0 Å². The summed E-state index contributed by atoms with van der Waals surface area (Å²) in [6.07, 6.45) is 7.29. The Balaban J connectivity index is 2.00. The molecular weight excluding hydrogens is 186 g/mol. The number of nitrogens with zero attached hydrogens (tertiary/aromatic N) is 1. The lowest BCUT2D eigenvalue weighted by Gasteiger charge is -2.08. The Morgan fingerprint density at radius 2 is 2.27 bits per heavy atom. The summed E-state index contributed by atoms with van der Waals surface area (Å²) in [5, 5.41) is 11.0. The van der Waals surface area contributed by atoms with E-state index in [2.05, 4.69) is 36.4 Å². The molecule has 1 fully saturated rings. The molecule has 0 bridgehead atoms. The highest BCUT2D eigenvalue weighted by atomic mass is 16.5. The van der Waals surface area contributed by atoms with Crippen LogP contribution in [0.15, 0.2) is 30.3 Å². The molecule has 0 saturated heterocycles. The highest BCUT2D eigenvalue weighted by Gasteiger charge is 2.56. The van der Waals surface area contributed by atoms with Gasteiger partial charge < -0.3 is 5.21 Å². The van der Waals surface area contributed by atoms with Gasteiger partial charge in [-0.3, -0.25) is 0 Å². The van der Waals surface area contributed by atoms with Gasteiger partial charge in [0.25, 0.3) is 0 Å². The Morgan fingerprint density at radius 1 is 1.47 bits per heavy atom. The van der Waals surface area contributed by atoms with Crippen LogP contribution in [0.5, 0.6) is 0 Å². The van der Waals surface area contributed by atoms with Crippen LogP contribution in [0.4, 0.5) is 0 Å². The molecule has 0 N–H and O–H groups in total. The first-order valence-corrected chi connectivity index (χ1v) is 5.26. The fourth-order valence-electron chi connectivity index (χ4n) is 2.64. The zero-order valence-electron chi connectivity index (χ0n) is 8.68. The van der Waals surface area contributed by atoms with Crippen LogP contribution >= 0.6 is 0 Å². The molecule has 2 nitrogen and oxygen atoms in total. The normalized spacial score (nSPS) is 32.1. The van der Waals surface area contributed by atoms with Crippen molar-refractivity contribution in [3.8, 4) is 0 Å². The third-order valence-electron chi connectivity index (χ3n) is 3.47. The van der Waals surface area contributed by atoms with Crippen molar-refractivity contribution in [1.82, 2.24) is 0 Å². The quantitative estimate of drug-likeness (QED) is 0.294. The van der Waals surface area contributed by atoms with Gasteiger partial charge in [0.2, 0.25) is 0 Å². The first-order chi connectivity index (χ1) is 7.22. The van der Waals surface area contributed by atoms with Crippen LogP contribution in [0.25, 0.3) is 6.08 Å². The predicted octanol–water partition coefficient (Wildman–Crippen LogP) is 2.18. The first kappa shape index (κ1) is 8.72. The molecule has 0 amide bonds. The van der Waals surface area contributed by atoms with Crippen molar-refractivity contribution in [1.29, 1.82) is 0 Å². The fourth-order valence-corrected chi connectivity index (χ4v) is 2.64. The molecule has 2 aliphatic rings. The molecule has 0 aromatic heterocycles. The van der Waals surface area contributed by atoms with Gasteiger partial charge in [-0.1, -0.05) is 36.4 Å². The number of hydroxylamine groups is 1. The van der Waals surface area contributed by atoms with Gasteiger partial charge in [-0.2, -0.15) is 0 Å². The Labute approximate surface area is 89.1 Å². The number of allylic oxidation sites excluding steroid dienone is 1. The lowest BCUT2D eigenvalue weighted by molar-refractivity contribution is -0.419. The molecule has 2 unspecified atom stereocenters. The second kappa shape index (κ2) is 2.72. The Hall–Kier alpha value is -1.57. The van der Waals surface area contributed by atoms with Crippen molar-refractivity contribution in [2.45, 2.75) is 11.8 Å². The van der Waals surface area contributed by atoms with Gasteiger partial charge in [-0.05, 0) is 17.5 Å². The van der Waals surface area contributed by atoms with Crippen LogP contribution in [0.3, 0.4) is 0 Å². The molecule has 1 aromatic rings. The Kier molecular flexibility index (Phi) is 1.58. The van der Waals surface area contributed by atoms with Gasteiger partial charge in [0, 0.05) is 5.41 Å². The lowest BCUT2D eigenvalue weighted by atomic mass is 9.96. The average Bonchev–Trinajstić information content (AvgIpc) is 2.74. The van der Waals surface area contributed by atoms with E-state index < -0.39 is 0 Å². The summed E-state index contributed by atoms with van der Waals surface area (Å²) < 4.78 is 0.925. The number of fused-ring (bicyclic) bond motifs is 2. The lowest BCUT2D eigenvalue weighted by Crippen LogP contribution is -2.08. The summed E-state index contributed by atoms with van der Waals surface area (Å²) >= 11 is 0. The summed E-state index contributed by atoms with van der Waals surface area (Å²) in [6.45, 7) is 0. The second-order valence-corrected chi connectivity index (χ2v) is 4.47. The van der Waals surface area contributed by atoms with Gasteiger partial charge in [-0.25, -0.2) is 4.74 Å². The van der Waals surface area contributed by atoms with E-state index in [4.69, 9.17) is 0 Å². The van der Waals surface area contributed by atoms with Crippen LogP contribution < -0.4 is 0 Å². The van der Waals surface area contributed by atoms with E-state index in [1.165, 1.54) is 11.1 Å². The molecule has 76 valence electrons. The summed E-state index contributed by atoms with van der Waals surface area (Å²) in [4.78, 5) is 0. The van der Waals surface area contributed by atoms with E-state index in [1.807, 2.05) is 0 Å². The Morgan fingerprint density at radius 3 is 3.07 bits per heavy atom. The summed E-state index contributed by atoms with van der Waals surface area (Å²) in [5.41, 5.74) is 2.84. The van der Waals surface area contributed by atoms with E-state index in [0.29, 0.717) is 5.92 Å². The zero-order chi connectivity index (χ0) is 10.5. The largest absolute Gasteiger partial charge is 0.624 e. The highest BCUT2D eigenvalue weighted by molar-refractivity contribution is 5.76. The van der Waals surface area contributed by atoms with Gasteiger partial charge in [0.15, 0.2) is 6.21 Å². The molecule has 15 heavy (non-hydrogen) atoms. The molecule has 0 radical (unpaired) electrons. The van der Waals surface area contributed by atoms with Gasteiger partial charge >= 0.3 is 0 Å². The van der Waals surface area contributed by atoms with Crippen LogP contribution in [-0.4, -0.2) is 18.0 Å². The Bertz CT molecular complexity index is 471. The van der Waals surface area contributed by atoms with E-state index in [-0.39, 0.29) is 5.41 Å². The van der Waals surface area contributed by atoms with E-state index >= 15 is 0 Å². The minimum absolute atomic E-state index is 0.148. The predicted molar refractivity (Wildman–Crippen MR) is 60.9 cm³/mol. The van der Waals surface area contributed by atoms with Crippen molar-refractivity contribution in [3.63, 3.8) is 0 Å². The van der Waals surface area contributed by atoms with Gasteiger partial charge in [0.05, 0.1) is 5.92 Å². The maximum atomic E-state index is 11.0. The molecule has 3 rings (SSSR count). The molecule has 1 spiro atoms. The van der Waals surface area contributed by atoms with Gasteiger partial charge in [0.1, 0.15) is 7.05 Å². The molecule has 2 aliphatic carbocycles. The summed E-state index contributed by atoms with van der Waals surface area (Å²) in [5.74, 6) is 0.389. The van der Waals surface area contributed by atoms with Crippen molar-refractivity contribution < 1.29 is 4.74 Å². The van der Waals surface area contributed by atoms with Crippen LogP contribution in [0.1, 0.15) is 17.5 Å². The summed E-state index contributed by atoms with van der Waals surface area (Å²) in [6, 6.07) is 8.44. The molecule has 0 heterocycles. The molecule has 2 heteroatoms. The smallest absolute Gasteiger partial charge is 0.155 e. The minimum Gasteiger partial charge on any atom is -0.624 e. The average molecular weight is 199 g/mol. The first-order valence-electron chi connectivity index (χ1n) is 5.26. The number of benzene rings is 1. The molecule has 0 aliphatic heterocycles. The third-order valence-corrected chi connectivity index (χ3v) is 3.47. The molecule has 1 aromatic carbocycles. The fraction of sp³-hybridized carbons (Fsp3) is 0.308. The molecular formula is C13H13NO. The standard InChI is InChI=1S/C13H13NO/c1-14(15)9-11-8-13(11)7-6-10-4-2-3-5-12(10)13/h2-7,9,11H,8H2,1H3/b14-9-. The van der Waals surface area contributed by atoms with Crippen LogP contribution in [-0.2, 0) is 5.41 Å². The highest BCUT2D eigenvalue weighted by Crippen LogP contribution is 2.58. The van der Waals surface area contributed by atoms with E-state index in [0.717, 1.165) is 11.2 Å². The number of hydrogen-bond donors (Lipinski definition) is 0. The van der Waals surface area contributed by atoms with E-state index in [1.54, 1.807) is 13.3 Å². The molecule has 1 saturated carbocycles.